The summed E-state index contributed by atoms with van der Waals surface area (Å²) in [7, 11) is 1.55. The number of carbonyl (C=O) groups excluding carboxylic acids is 1. The lowest BCUT2D eigenvalue weighted by Gasteiger charge is -2.21. The number of hydrogen-bond donors (Lipinski definition) is 0. The number of methoxy groups -OCH3 is 1. The summed E-state index contributed by atoms with van der Waals surface area (Å²) in [6, 6.07) is 0.371. The molecule has 0 aliphatic carbocycles. The summed E-state index contributed by atoms with van der Waals surface area (Å²) in [4.78, 5) is 32.9. The van der Waals surface area contributed by atoms with Crippen molar-refractivity contribution in [1.29, 1.82) is 0 Å². The topological polar surface area (TPSA) is 84.3 Å². The number of nitrogens with zero attached hydrogens (tertiary/aromatic N) is 6. The van der Waals surface area contributed by atoms with Crippen LogP contribution in [-0.2, 0) is 6.54 Å². The Morgan fingerprint density at radius 3 is 2.62 bits per heavy atom. The van der Waals surface area contributed by atoms with Gasteiger partial charge in [-0.3, -0.25) is 14.7 Å². The summed E-state index contributed by atoms with van der Waals surface area (Å²) in [5, 5.41) is 0. The van der Waals surface area contributed by atoms with Crippen molar-refractivity contribution in [2.45, 2.75) is 13.0 Å². The van der Waals surface area contributed by atoms with Crippen molar-refractivity contribution >= 4 is 5.91 Å². The molecule has 24 heavy (non-hydrogen) atoms. The zero-order valence-electron chi connectivity index (χ0n) is 13.6. The molecule has 8 heteroatoms. The van der Waals surface area contributed by atoms with E-state index in [9.17, 15) is 4.79 Å². The van der Waals surface area contributed by atoms with Crippen molar-refractivity contribution in [3.8, 4) is 6.01 Å². The van der Waals surface area contributed by atoms with Crippen molar-refractivity contribution in [2.24, 2.45) is 0 Å². The van der Waals surface area contributed by atoms with Gasteiger partial charge in [0.2, 0.25) is 0 Å². The SMILES string of the molecule is COc1ncc(CN2CCCN(C(=O)c3cnccn3)CC2)cn1. The van der Waals surface area contributed by atoms with Gasteiger partial charge in [-0.15, -0.1) is 0 Å². The third-order valence-corrected chi connectivity index (χ3v) is 3.93. The van der Waals surface area contributed by atoms with Crippen LogP contribution in [0.15, 0.2) is 31.0 Å². The Labute approximate surface area is 140 Å². The van der Waals surface area contributed by atoms with Crippen molar-refractivity contribution < 1.29 is 9.53 Å². The minimum Gasteiger partial charge on any atom is -0.467 e. The minimum atomic E-state index is -0.0577. The van der Waals surface area contributed by atoms with E-state index in [1.165, 1.54) is 6.20 Å². The first-order valence-electron chi connectivity index (χ1n) is 7.89. The van der Waals surface area contributed by atoms with Gasteiger partial charge in [-0.05, 0) is 6.42 Å². The molecule has 3 heterocycles. The summed E-state index contributed by atoms with van der Waals surface area (Å²) < 4.78 is 4.97. The Morgan fingerprint density at radius 1 is 1.08 bits per heavy atom. The highest BCUT2D eigenvalue weighted by atomic mass is 16.5. The number of rotatable bonds is 4. The Kier molecular flexibility index (Phi) is 5.27. The number of amides is 1. The molecule has 1 fully saturated rings. The maximum absolute atomic E-state index is 12.5. The van der Waals surface area contributed by atoms with Crippen LogP contribution in [0.5, 0.6) is 6.01 Å². The van der Waals surface area contributed by atoms with Crippen molar-refractivity contribution in [2.75, 3.05) is 33.3 Å². The predicted molar refractivity (Wildman–Crippen MR) is 86.4 cm³/mol. The number of aromatic nitrogens is 4. The Bertz CT molecular complexity index is 664. The second-order valence-electron chi connectivity index (χ2n) is 5.59. The van der Waals surface area contributed by atoms with Gasteiger partial charge in [0.1, 0.15) is 5.69 Å². The van der Waals surface area contributed by atoms with E-state index in [1.807, 2.05) is 4.90 Å². The van der Waals surface area contributed by atoms with Gasteiger partial charge >= 0.3 is 6.01 Å². The van der Waals surface area contributed by atoms with Crippen LogP contribution in [0.1, 0.15) is 22.5 Å². The lowest BCUT2D eigenvalue weighted by Crippen LogP contribution is -2.35. The van der Waals surface area contributed by atoms with Gasteiger partial charge in [0.05, 0.1) is 13.3 Å². The lowest BCUT2D eigenvalue weighted by molar-refractivity contribution is 0.0754. The smallest absolute Gasteiger partial charge is 0.316 e. The van der Waals surface area contributed by atoms with Crippen molar-refractivity contribution in [1.82, 2.24) is 29.7 Å². The van der Waals surface area contributed by atoms with E-state index in [1.54, 1.807) is 31.9 Å². The van der Waals surface area contributed by atoms with E-state index >= 15 is 0 Å². The molecule has 0 bridgehead atoms. The van der Waals surface area contributed by atoms with Crippen LogP contribution >= 0.6 is 0 Å². The highest BCUT2D eigenvalue weighted by Gasteiger charge is 2.21. The van der Waals surface area contributed by atoms with E-state index in [-0.39, 0.29) is 5.91 Å². The Morgan fingerprint density at radius 2 is 1.92 bits per heavy atom. The van der Waals surface area contributed by atoms with E-state index in [2.05, 4.69) is 24.8 Å². The summed E-state index contributed by atoms with van der Waals surface area (Å²) in [5.41, 5.74) is 1.43. The van der Waals surface area contributed by atoms with E-state index in [0.717, 1.165) is 38.2 Å². The van der Waals surface area contributed by atoms with E-state index in [4.69, 9.17) is 4.74 Å². The van der Waals surface area contributed by atoms with Crippen LogP contribution in [0.3, 0.4) is 0 Å². The van der Waals surface area contributed by atoms with Gasteiger partial charge in [-0.2, -0.15) is 0 Å². The molecule has 1 saturated heterocycles. The summed E-state index contributed by atoms with van der Waals surface area (Å²) in [5.74, 6) is -0.0577. The molecule has 0 unspecified atom stereocenters. The first kappa shape index (κ1) is 16.3. The largest absolute Gasteiger partial charge is 0.467 e. The van der Waals surface area contributed by atoms with E-state index < -0.39 is 0 Å². The molecule has 0 saturated carbocycles. The van der Waals surface area contributed by atoms with Gasteiger partial charge in [-0.1, -0.05) is 0 Å². The standard InChI is InChI=1S/C16H20N6O2/c1-24-16-19-9-13(10-20-16)12-21-5-2-6-22(8-7-21)15(23)14-11-17-3-4-18-14/h3-4,9-11H,2,5-8,12H2,1H3. The van der Waals surface area contributed by atoms with Crippen LogP contribution in [-0.4, -0.2) is 68.9 Å². The molecule has 1 aliphatic heterocycles. The third-order valence-electron chi connectivity index (χ3n) is 3.93. The highest BCUT2D eigenvalue weighted by molar-refractivity contribution is 5.91. The molecule has 0 atom stereocenters. The molecular weight excluding hydrogens is 308 g/mol. The van der Waals surface area contributed by atoms with Crippen LogP contribution in [0.25, 0.3) is 0 Å². The molecule has 0 spiro atoms. The molecule has 1 amide bonds. The van der Waals surface area contributed by atoms with Crippen molar-refractivity contribution in [3.63, 3.8) is 0 Å². The van der Waals surface area contributed by atoms with Gasteiger partial charge < -0.3 is 9.64 Å². The first-order valence-corrected chi connectivity index (χ1v) is 7.89. The van der Waals surface area contributed by atoms with Gasteiger partial charge in [0, 0.05) is 63.1 Å². The average Bonchev–Trinajstić information content (AvgIpc) is 2.88. The molecule has 3 rings (SSSR count). The number of hydrogen-bond acceptors (Lipinski definition) is 7. The maximum atomic E-state index is 12.5. The fraction of sp³-hybridized carbons (Fsp3) is 0.438. The molecule has 8 nitrogen and oxygen atoms in total. The molecular formula is C16H20N6O2. The molecule has 126 valence electrons. The maximum Gasteiger partial charge on any atom is 0.316 e. The van der Waals surface area contributed by atoms with Gasteiger partial charge in [0.15, 0.2) is 0 Å². The van der Waals surface area contributed by atoms with Crippen LogP contribution in [0, 0.1) is 0 Å². The molecule has 2 aromatic heterocycles. The molecule has 0 radical (unpaired) electrons. The van der Waals surface area contributed by atoms with Crippen LogP contribution in [0.2, 0.25) is 0 Å². The first-order chi connectivity index (χ1) is 11.8. The normalized spacial score (nSPS) is 15.8. The number of carbonyl (C=O) groups is 1. The third kappa shape index (κ3) is 4.02. The monoisotopic (exact) mass is 328 g/mol. The van der Waals surface area contributed by atoms with Crippen molar-refractivity contribution in [3.05, 3.63) is 42.2 Å². The molecule has 1 aliphatic rings. The zero-order valence-corrected chi connectivity index (χ0v) is 13.6. The van der Waals surface area contributed by atoms with Crippen LogP contribution < -0.4 is 4.74 Å². The fourth-order valence-corrected chi connectivity index (χ4v) is 2.69. The summed E-state index contributed by atoms with van der Waals surface area (Å²) in [6.07, 6.45) is 9.10. The number of ether oxygens (including phenoxy) is 1. The highest BCUT2D eigenvalue weighted by Crippen LogP contribution is 2.11. The van der Waals surface area contributed by atoms with Gasteiger partial charge in [-0.25, -0.2) is 15.0 Å². The van der Waals surface area contributed by atoms with Gasteiger partial charge in [0.25, 0.3) is 5.91 Å². The fourth-order valence-electron chi connectivity index (χ4n) is 2.69. The zero-order chi connectivity index (χ0) is 16.8. The lowest BCUT2D eigenvalue weighted by atomic mass is 10.3. The average molecular weight is 328 g/mol. The molecule has 2 aromatic rings. The quantitative estimate of drug-likeness (QED) is 0.813. The minimum absolute atomic E-state index is 0.0577. The molecule has 0 N–H and O–H groups in total. The Hall–Kier alpha value is -2.61. The summed E-state index contributed by atoms with van der Waals surface area (Å²) in [6.45, 7) is 3.89. The predicted octanol–water partition coefficient (Wildman–Crippen LogP) is 0.623. The Balaban J connectivity index is 1.57. The molecule has 0 aromatic carbocycles. The second kappa shape index (κ2) is 7.78. The second-order valence-corrected chi connectivity index (χ2v) is 5.59. The van der Waals surface area contributed by atoms with Crippen LogP contribution in [0.4, 0.5) is 0 Å². The summed E-state index contributed by atoms with van der Waals surface area (Å²) >= 11 is 0. The van der Waals surface area contributed by atoms with E-state index in [0.29, 0.717) is 18.2 Å².